The Kier molecular flexibility index (Phi) is 3.57. The lowest BCUT2D eigenvalue weighted by Gasteiger charge is -2.08. The predicted molar refractivity (Wildman–Crippen MR) is 97.0 cm³/mol. The van der Waals surface area contributed by atoms with Crippen LogP contribution in [0.3, 0.4) is 0 Å². The average Bonchev–Trinajstić information content (AvgIpc) is 2.96. The molecule has 2 aromatic carbocycles. The highest BCUT2D eigenvalue weighted by molar-refractivity contribution is 6.14. The summed E-state index contributed by atoms with van der Waals surface area (Å²) in [6.07, 6.45) is 0. The maximum Gasteiger partial charge on any atom is 0.257 e. The molecule has 2 aromatic heterocycles. The van der Waals surface area contributed by atoms with Crippen molar-refractivity contribution >= 4 is 33.5 Å². The molecule has 0 saturated carbocycles. The monoisotopic (exact) mass is 332 g/mol. The van der Waals surface area contributed by atoms with Gasteiger partial charge in [-0.3, -0.25) is 9.48 Å². The summed E-state index contributed by atoms with van der Waals surface area (Å²) in [5, 5.41) is 8.98. The van der Waals surface area contributed by atoms with Gasteiger partial charge in [-0.15, -0.1) is 0 Å². The van der Waals surface area contributed by atoms with E-state index in [0.717, 1.165) is 16.3 Å². The Morgan fingerprint density at radius 3 is 2.60 bits per heavy atom. The van der Waals surface area contributed by atoms with Crippen LogP contribution in [0.15, 0.2) is 54.6 Å². The maximum atomic E-state index is 12.9. The van der Waals surface area contributed by atoms with Crippen LogP contribution in [0.2, 0.25) is 0 Å². The molecule has 0 aliphatic carbocycles. The van der Waals surface area contributed by atoms with E-state index < -0.39 is 0 Å². The van der Waals surface area contributed by atoms with Crippen molar-refractivity contribution in [2.24, 2.45) is 7.05 Å². The van der Waals surface area contributed by atoms with E-state index in [1.54, 1.807) is 10.7 Å². The van der Waals surface area contributed by atoms with Crippen LogP contribution < -0.4 is 10.1 Å². The number of fused-ring (bicyclic) bond motifs is 2. The first-order chi connectivity index (χ1) is 12.2. The molecule has 0 aliphatic rings. The van der Waals surface area contributed by atoms with Crippen LogP contribution in [0.4, 0.5) is 5.82 Å². The molecule has 0 aliphatic heterocycles. The molecule has 0 radical (unpaired) electrons. The minimum atomic E-state index is -0.249. The summed E-state index contributed by atoms with van der Waals surface area (Å²) in [6, 6.07) is 16.9. The molecule has 4 rings (SSSR count). The number of nitrogens with zero attached hydrogens (tertiary/aromatic N) is 3. The number of carbonyl (C=O) groups excluding carboxylic acids is 1. The minimum absolute atomic E-state index is 0.249. The van der Waals surface area contributed by atoms with E-state index in [2.05, 4.69) is 15.4 Å². The van der Waals surface area contributed by atoms with Crippen LogP contribution in [0.5, 0.6) is 5.88 Å². The quantitative estimate of drug-likeness (QED) is 0.624. The van der Waals surface area contributed by atoms with Gasteiger partial charge in [-0.1, -0.05) is 30.3 Å². The molecule has 1 N–H and O–H groups in total. The normalized spacial score (nSPS) is 11.0. The molecular formula is C19H16N4O2. The van der Waals surface area contributed by atoms with Gasteiger partial charge in [-0.2, -0.15) is 5.10 Å². The van der Waals surface area contributed by atoms with Crippen molar-refractivity contribution in [1.29, 1.82) is 0 Å². The van der Waals surface area contributed by atoms with E-state index in [-0.39, 0.29) is 5.91 Å². The topological polar surface area (TPSA) is 69.0 Å². The molecule has 0 fully saturated rings. The van der Waals surface area contributed by atoms with Gasteiger partial charge in [0.2, 0.25) is 5.88 Å². The van der Waals surface area contributed by atoms with Crippen molar-refractivity contribution in [1.82, 2.24) is 14.8 Å². The van der Waals surface area contributed by atoms with Crippen LogP contribution in [0.25, 0.3) is 21.8 Å². The molecule has 0 unspecified atom stereocenters. The first kappa shape index (κ1) is 15.1. The first-order valence-corrected chi connectivity index (χ1v) is 7.84. The number of carbonyl (C=O) groups is 1. The average molecular weight is 332 g/mol. The molecule has 6 heteroatoms. The number of aromatic nitrogens is 3. The molecule has 2 heterocycles. The Morgan fingerprint density at radius 1 is 1.08 bits per heavy atom. The summed E-state index contributed by atoms with van der Waals surface area (Å²) in [5.41, 5.74) is 2.16. The number of anilines is 1. The smallest absolute Gasteiger partial charge is 0.257 e. The molecule has 4 aromatic rings. The number of para-hydroxylation sites is 2. The van der Waals surface area contributed by atoms with Gasteiger partial charge < -0.3 is 10.1 Å². The van der Waals surface area contributed by atoms with Gasteiger partial charge in [0.15, 0.2) is 5.82 Å². The highest BCUT2D eigenvalue weighted by Gasteiger charge is 2.16. The number of rotatable bonds is 3. The zero-order valence-electron chi connectivity index (χ0n) is 13.9. The van der Waals surface area contributed by atoms with Crippen LogP contribution in [-0.2, 0) is 7.05 Å². The third-order valence-electron chi connectivity index (χ3n) is 4.14. The summed E-state index contributed by atoms with van der Waals surface area (Å²) >= 11 is 0. The summed E-state index contributed by atoms with van der Waals surface area (Å²) in [6.45, 7) is 0. The molecule has 1 amide bonds. The number of ether oxygens (including phenoxy) is 1. The minimum Gasteiger partial charge on any atom is -0.481 e. The second-order valence-corrected chi connectivity index (χ2v) is 5.67. The molecule has 0 saturated heterocycles. The number of aryl methyl sites for hydroxylation is 1. The van der Waals surface area contributed by atoms with Crippen molar-refractivity contribution in [3.05, 3.63) is 60.2 Å². The van der Waals surface area contributed by atoms with E-state index in [9.17, 15) is 4.79 Å². The van der Waals surface area contributed by atoms with Gasteiger partial charge in [0.25, 0.3) is 5.91 Å². The van der Waals surface area contributed by atoms with E-state index in [4.69, 9.17) is 4.74 Å². The van der Waals surface area contributed by atoms with Gasteiger partial charge >= 0.3 is 0 Å². The molecule has 0 bridgehead atoms. The number of pyridine rings is 1. The summed E-state index contributed by atoms with van der Waals surface area (Å²) in [7, 11) is 3.38. The van der Waals surface area contributed by atoms with E-state index in [0.29, 0.717) is 22.8 Å². The number of benzene rings is 2. The van der Waals surface area contributed by atoms with Gasteiger partial charge in [0.1, 0.15) is 0 Å². The lowest BCUT2D eigenvalue weighted by Crippen LogP contribution is -2.14. The SMILES string of the molecule is COc1cc(C(=O)Nc2nn(C)c3ccccc23)c2ccccc2n1. The maximum absolute atomic E-state index is 12.9. The number of hydrogen-bond acceptors (Lipinski definition) is 4. The Balaban J connectivity index is 1.80. The Morgan fingerprint density at radius 2 is 1.80 bits per heavy atom. The summed E-state index contributed by atoms with van der Waals surface area (Å²) < 4.78 is 6.97. The van der Waals surface area contributed by atoms with Gasteiger partial charge in [-0.25, -0.2) is 4.98 Å². The Bertz CT molecular complexity index is 1100. The van der Waals surface area contributed by atoms with Crippen molar-refractivity contribution in [3.8, 4) is 5.88 Å². The number of nitrogens with one attached hydrogen (secondary N) is 1. The van der Waals surface area contributed by atoms with E-state index in [1.807, 2.05) is 55.6 Å². The third kappa shape index (κ3) is 2.57. The predicted octanol–water partition coefficient (Wildman–Crippen LogP) is 3.38. The molecule has 124 valence electrons. The molecule has 25 heavy (non-hydrogen) atoms. The second-order valence-electron chi connectivity index (χ2n) is 5.67. The standard InChI is InChI=1S/C19H16N4O2/c1-23-16-10-6-4-8-13(16)18(22-23)21-19(24)14-11-17(25-2)20-15-9-5-3-7-12(14)15/h3-11H,1-2H3,(H,21,22,24). The summed E-state index contributed by atoms with van der Waals surface area (Å²) in [4.78, 5) is 17.3. The fourth-order valence-electron chi connectivity index (χ4n) is 2.92. The Hall–Kier alpha value is -3.41. The molecule has 0 atom stereocenters. The lowest BCUT2D eigenvalue weighted by atomic mass is 10.1. The van der Waals surface area contributed by atoms with Gasteiger partial charge in [0, 0.05) is 23.9 Å². The lowest BCUT2D eigenvalue weighted by molar-refractivity contribution is 0.102. The van der Waals surface area contributed by atoms with Crippen molar-refractivity contribution in [2.45, 2.75) is 0 Å². The first-order valence-electron chi connectivity index (χ1n) is 7.84. The van der Waals surface area contributed by atoms with E-state index in [1.165, 1.54) is 7.11 Å². The van der Waals surface area contributed by atoms with Crippen LogP contribution in [0.1, 0.15) is 10.4 Å². The van der Waals surface area contributed by atoms with Gasteiger partial charge in [-0.05, 0) is 18.2 Å². The van der Waals surface area contributed by atoms with Crippen LogP contribution in [0, 0.1) is 0 Å². The van der Waals surface area contributed by atoms with Crippen molar-refractivity contribution in [2.75, 3.05) is 12.4 Å². The fraction of sp³-hybridized carbons (Fsp3) is 0.105. The fourth-order valence-corrected chi connectivity index (χ4v) is 2.92. The highest BCUT2D eigenvalue weighted by Crippen LogP contribution is 2.25. The number of amides is 1. The molecule has 0 spiro atoms. The number of methoxy groups -OCH3 is 1. The number of hydrogen-bond donors (Lipinski definition) is 1. The zero-order valence-corrected chi connectivity index (χ0v) is 13.9. The van der Waals surface area contributed by atoms with Crippen LogP contribution in [-0.4, -0.2) is 27.8 Å². The second kappa shape index (κ2) is 5.90. The van der Waals surface area contributed by atoms with E-state index >= 15 is 0 Å². The summed E-state index contributed by atoms with van der Waals surface area (Å²) in [5.74, 6) is 0.679. The molecular weight excluding hydrogens is 316 g/mol. The van der Waals surface area contributed by atoms with Crippen LogP contribution >= 0.6 is 0 Å². The van der Waals surface area contributed by atoms with Crippen molar-refractivity contribution in [3.63, 3.8) is 0 Å². The largest absolute Gasteiger partial charge is 0.481 e. The Labute approximate surface area is 144 Å². The highest BCUT2D eigenvalue weighted by atomic mass is 16.5. The van der Waals surface area contributed by atoms with Gasteiger partial charge in [0.05, 0.1) is 23.7 Å². The third-order valence-corrected chi connectivity index (χ3v) is 4.14. The zero-order chi connectivity index (χ0) is 17.4. The van der Waals surface area contributed by atoms with Crippen molar-refractivity contribution < 1.29 is 9.53 Å². The molecule has 6 nitrogen and oxygen atoms in total.